The number of carboxylic acids is 1. The van der Waals surface area contributed by atoms with E-state index in [0.29, 0.717) is 22.1 Å². The van der Waals surface area contributed by atoms with E-state index in [4.69, 9.17) is 16.3 Å². The molecule has 1 N–H and O–H groups in total. The molecule has 31 heavy (non-hydrogen) atoms. The molecule has 1 atom stereocenters. The SMILES string of the molecule is CC(C)(Cc1ccccc1Oc1ccc(F)cc1)C(C#N)(C(=O)O)c1ccc(Cl)cc1. The maximum absolute atomic E-state index is 13.2. The molecule has 6 heteroatoms. The van der Waals surface area contributed by atoms with Gasteiger partial charge in [-0.2, -0.15) is 5.26 Å². The molecule has 0 aromatic heterocycles. The fourth-order valence-electron chi connectivity index (χ4n) is 3.76. The van der Waals surface area contributed by atoms with E-state index in [1.165, 1.54) is 24.3 Å². The molecule has 3 aromatic rings. The van der Waals surface area contributed by atoms with E-state index in [1.54, 1.807) is 50.2 Å². The number of aliphatic carboxylic acids is 1. The molecule has 3 aromatic carbocycles. The van der Waals surface area contributed by atoms with Crippen molar-refractivity contribution in [3.05, 3.63) is 94.8 Å². The van der Waals surface area contributed by atoms with E-state index in [0.717, 1.165) is 5.56 Å². The summed E-state index contributed by atoms with van der Waals surface area (Å²) in [5, 5.41) is 20.7. The van der Waals surface area contributed by atoms with Gasteiger partial charge in [0.25, 0.3) is 0 Å². The summed E-state index contributed by atoms with van der Waals surface area (Å²) in [7, 11) is 0. The summed E-state index contributed by atoms with van der Waals surface area (Å²) >= 11 is 5.97. The summed E-state index contributed by atoms with van der Waals surface area (Å²) in [4.78, 5) is 12.5. The van der Waals surface area contributed by atoms with Gasteiger partial charge >= 0.3 is 5.97 Å². The Bertz CT molecular complexity index is 1120. The lowest BCUT2D eigenvalue weighted by Gasteiger charge is -2.39. The lowest BCUT2D eigenvalue weighted by molar-refractivity contribution is -0.145. The number of rotatable bonds is 7. The van der Waals surface area contributed by atoms with E-state index in [-0.39, 0.29) is 12.2 Å². The van der Waals surface area contributed by atoms with Crippen molar-refractivity contribution in [2.75, 3.05) is 0 Å². The van der Waals surface area contributed by atoms with Gasteiger partial charge in [0, 0.05) is 10.4 Å². The predicted octanol–water partition coefficient (Wildman–Crippen LogP) is 6.39. The molecule has 3 rings (SSSR count). The van der Waals surface area contributed by atoms with Crippen LogP contribution in [-0.4, -0.2) is 11.1 Å². The zero-order valence-electron chi connectivity index (χ0n) is 17.1. The molecule has 0 radical (unpaired) electrons. The Morgan fingerprint density at radius 1 is 1.06 bits per heavy atom. The zero-order chi connectivity index (χ0) is 22.6. The van der Waals surface area contributed by atoms with Crippen molar-refractivity contribution in [3.8, 4) is 17.6 Å². The summed E-state index contributed by atoms with van der Waals surface area (Å²) < 4.78 is 19.1. The summed E-state index contributed by atoms with van der Waals surface area (Å²) in [6.07, 6.45) is 0.243. The highest BCUT2D eigenvalue weighted by atomic mass is 35.5. The molecular weight excluding hydrogens is 417 g/mol. The molecule has 0 aliphatic rings. The van der Waals surface area contributed by atoms with E-state index in [9.17, 15) is 19.6 Å². The van der Waals surface area contributed by atoms with Crippen LogP contribution in [-0.2, 0) is 16.6 Å². The van der Waals surface area contributed by atoms with E-state index >= 15 is 0 Å². The lowest BCUT2D eigenvalue weighted by atomic mass is 9.60. The van der Waals surface area contributed by atoms with Crippen LogP contribution < -0.4 is 4.74 Å². The number of hydrogen-bond acceptors (Lipinski definition) is 3. The third-order valence-electron chi connectivity index (χ3n) is 5.43. The summed E-state index contributed by atoms with van der Waals surface area (Å²) in [5.41, 5.74) is -1.76. The number of halogens is 2. The molecule has 0 bridgehead atoms. The van der Waals surface area contributed by atoms with Gasteiger partial charge in [-0.05, 0) is 60.0 Å². The number of ether oxygens (including phenoxy) is 1. The largest absolute Gasteiger partial charge is 0.480 e. The fourth-order valence-corrected chi connectivity index (χ4v) is 3.88. The van der Waals surface area contributed by atoms with Crippen molar-refractivity contribution in [2.45, 2.75) is 25.7 Å². The molecule has 0 saturated heterocycles. The summed E-state index contributed by atoms with van der Waals surface area (Å²) in [6.45, 7) is 3.49. The molecule has 158 valence electrons. The van der Waals surface area contributed by atoms with Gasteiger partial charge in [-0.25, -0.2) is 4.39 Å². The molecule has 0 saturated carbocycles. The molecule has 0 spiro atoms. The van der Waals surface area contributed by atoms with Gasteiger partial charge in [-0.15, -0.1) is 0 Å². The highest BCUT2D eigenvalue weighted by molar-refractivity contribution is 6.30. The Kier molecular flexibility index (Phi) is 6.33. The van der Waals surface area contributed by atoms with Crippen LogP contribution >= 0.6 is 11.6 Å². The van der Waals surface area contributed by atoms with Crippen molar-refractivity contribution in [1.29, 1.82) is 5.26 Å². The first kappa shape index (κ1) is 22.3. The van der Waals surface area contributed by atoms with Crippen molar-refractivity contribution in [3.63, 3.8) is 0 Å². The second-order valence-corrected chi connectivity index (χ2v) is 8.33. The van der Waals surface area contributed by atoms with Crippen LogP contribution in [0, 0.1) is 22.6 Å². The van der Waals surface area contributed by atoms with Gasteiger partial charge in [-0.1, -0.05) is 55.8 Å². The number of nitriles is 1. The number of nitrogens with zero attached hydrogens (tertiary/aromatic N) is 1. The molecule has 0 fully saturated rings. The van der Waals surface area contributed by atoms with Gasteiger partial charge in [-0.3, -0.25) is 4.79 Å². The average molecular weight is 438 g/mol. The Morgan fingerprint density at radius 3 is 2.26 bits per heavy atom. The maximum atomic E-state index is 13.2. The second kappa shape index (κ2) is 8.79. The van der Waals surface area contributed by atoms with Gasteiger partial charge in [0.2, 0.25) is 0 Å². The molecular formula is C25H21ClFNO3. The number of benzene rings is 3. The Labute approximate surface area is 185 Å². The smallest absolute Gasteiger partial charge is 0.329 e. The van der Waals surface area contributed by atoms with Crippen molar-refractivity contribution >= 4 is 17.6 Å². The second-order valence-electron chi connectivity index (χ2n) is 7.90. The van der Waals surface area contributed by atoms with E-state index in [2.05, 4.69) is 6.07 Å². The van der Waals surface area contributed by atoms with Gasteiger partial charge in [0.15, 0.2) is 5.41 Å². The van der Waals surface area contributed by atoms with Gasteiger partial charge in [0.05, 0.1) is 6.07 Å². The number of carbonyl (C=O) groups is 1. The third-order valence-corrected chi connectivity index (χ3v) is 5.68. The predicted molar refractivity (Wildman–Crippen MR) is 117 cm³/mol. The summed E-state index contributed by atoms with van der Waals surface area (Å²) in [6, 6.07) is 21.2. The topological polar surface area (TPSA) is 70.3 Å². The van der Waals surface area contributed by atoms with Crippen molar-refractivity contribution < 1.29 is 19.0 Å². The maximum Gasteiger partial charge on any atom is 0.329 e. The molecule has 0 heterocycles. The minimum atomic E-state index is -1.82. The van der Waals surface area contributed by atoms with Crippen LogP contribution in [0.25, 0.3) is 0 Å². The molecule has 0 aliphatic carbocycles. The minimum absolute atomic E-state index is 0.243. The van der Waals surface area contributed by atoms with Crippen LogP contribution in [0.3, 0.4) is 0 Å². The normalized spacial score (nSPS) is 13.1. The molecule has 1 unspecified atom stereocenters. The first-order chi connectivity index (χ1) is 14.7. The van der Waals surface area contributed by atoms with Crippen LogP contribution in [0.2, 0.25) is 5.02 Å². The standard InChI is InChI=1S/C25H21ClFNO3/c1-24(2,25(16-28,23(29)30)18-7-9-19(26)10-8-18)15-17-5-3-4-6-22(17)31-21-13-11-20(27)12-14-21/h3-14H,15H2,1-2H3,(H,29,30). The van der Waals surface area contributed by atoms with Crippen molar-refractivity contribution in [2.24, 2.45) is 5.41 Å². The highest BCUT2D eigenvalue weighted by Crippen LogP contribution is 2.46. The Hall–Kier alpha value is -3.36. The van der Waals surface area contributed by atoms with Gasteiger partial charge < -0.3 is 9.84 Å². The zero-order valence-corrected chi connectivity index (χ0v) is 17.9. The Balaban J connectivity index is 2.02. The number of hydrogen-bond donors (Lipinski definition) is 1. The minimum Gasteiger partial charge on any atom is -0.480 e. The van der Waals surface area contributed by atoms with Crippen molar-refractivity contribution in [1.82, 2.24) is 0 Å². The monoisotopic (exact) mass is 437 g/mol. The quantitative estimate of drug-likeness (QED) is 0.465. The number of carboxylic acid groups (broad SMARTS) is 1. The summed E-state index contributed by atoms with van der Waals surface area (Å²) in [5.74, 6) is -0.645. The first-order valence-corrected chi connectivity index (χ1v) is 9.99. The highest BCUT2D eigenvalue weighted by Gasteiger charge is 2.53. The third kappa shape index (κ3) is 4.40. The van der Waals surface area contributed by atoms with Gasteiger partial charge in [0.1, 0.15) is 17.3 Å². The lowest BCUT2D eigenvalue weighted by Crippen LogP contribution is -2.48. The average Bonchev–Trinajstić information content (AvgIpc) is 2.72. The first-order valence-electron chi connectivity index (χ1n) is 9.61. The fraction of sp³-hybridized carbons (Fsp3) is 0.200. The Morgan fingerprint density at radius 2 is 1.68 bits per heavy atom. The van der Waals surface area contributed by atoms with E-state index < -0.39 is 16.8 Å². The van der Waals surface area contributed by atoms with Crippen LogP contribution in [0.15, 0.2) is 72.8 Å². The molecule has 0 aliphatic heterocycles. The van der Waals surface area contributed by atoms with Crippen LogP contribution in [0.1, 0.15) is 25.0 Å². The van der Waals surface area contributed by atoms with Crippen LogP contribution in [0.4, 0.5) is 4.39 Å². The molecule has 4 nitrogen and oxygen atoms in total. The van der Waals surface area contributed by atoms with E-state index in [1.807, 2.05) is 12.1 Å². The number of para-hydroxylation sites is 1. The van der Waals surface area contributed by atoms with Crippen LogP contribution in [0.5, 0.6) is 11.5 Å². The molecule has 0 amide bonds.